The van der Waals surface area contributed by atoms with Gasteiger partial charge in [0.2, 0.25) is 0 Å². The summed E-state index contributed by atoms with van der Waals surface area (Å²) in [4.78, 5) is 0. The summed E-state index contributed by atoms with van der Waals surface area (Å²) in [7, 11) is 0. The van der Waals surface area contributed by atoms with Crippen molar-refractivity contribution in [3.8, 4) is 0 Å². The maximum Gasteiger partial charge on any atom is 0.128 e. The molecule has 100 valence electrons. The molecule has 4 heteroatoms. The first kappa shape index (κ1) is 14.2. The van der Waals surface area contributed by atoms with Gasteiger partial charge >= 0.3 is 0 Å². The van der Waals surface area contributed by atoms with Crippen LogP contribution in [0.1, 0.15) is 24.1 Å². The minimum absolute atomic E-state index is 0.0808. The lowest BCUT2D eigenvalue weighted by Crippen LogP contribution is -2.34. The second-order valence-electron chi connectivity index (χ2n) is 4.54. The molecule has 1 aliphatic heterocycles. The van der Waals surface area contributed by atoms with Crippen LogP contribution in [0, 0.1) is 12.7 Å². The summed E-state index contributed by atoms with van der Waals surface area (Å²) in [5.74, 6) is 3.42. The van der Waals surface area contributed by atoms with Gasteiger partial charge in [0, 0.05) is 34.1 Å². The van der Waals surface area contributed by atoms with Crippen molar-refractivity contribution < 1.29 is 4.39 Å². The molecule has 1 aromatic carbocycles. The molecule has 2 rings (SSSR count). The predicted octanol–water partition coefficient (Wildman–Crippen LogP) is 3.63. The van der Waals surface area contributed by atoms with Crippen molar-refractivity contribution in [1.82, 2.24) is 5.32 Å². The summed E-state index contributed by atoms with van der Waals surface area (Å²) in [6, 6.07) is 5.55. The van der Waals surface area contributed by atoms with E-state index in [0.717, 1.165) is 23.4 Å². The average Bonchev–Trinajstić information content (AvgIpc) is 2.40. The van der Waals surface area contributed by atoms with Crippen molar-refractivity contribution >= 4 is 23.5 Å². The number of nitrogens with one attached hydrogen (secondary N) is 1. The van der Waals surface area contributed by atoms with E-state index in [1.807, 2.05) is 42.6 Å². The molecule has 0 spiro atoms. The summed E-state index contributed by atoms with van der Waals surface area (Å²) in [5, 5.41) is 3.93. The van der Waals surface area contributed by atoms with Crippen LogP contribution in [0.2, 0.25) is 0 Å². The molecule has 1 N–H and O–H groups in total. The molecule has 0 saturated carbocycles. The molecule has 0 aliphatic carbocycles. The Morgan fingerprint density at radius 3 is 2.94 bits per heavy atom. The van der Waals surface area contributed by atoms with Crippen molar-refractivity contribution in [3.63, 3.8) is 0 Å². The molecule has 0 amide bonds. The third-order valence-electron chi connectivity index (χ3n) is 3.12. The Labute approximate surface area is 117 Å². The zero-order valence-electron chi connectivity index (χ0n) is 10.9. The van der Waals surface area contributed by atoms with Crippen LogP contribution >= 0.6 is 23.5 Å². The second kappa shape index (κ2) is 6.83. The highest BCUT2D eigenvalue weighted by molar-refractivity contribution is 8.06. The summed E-state index contributed by atoms with van der Waals surface area (Å²) in [6.45, 7) is 4.98. The monoisotopic (exact) mass is 285 g/mol. The van der Waals surface area contributed by atoms with Crippen LogP contribution in [-0.2, 0) is 0 Å². The fourth-order valence-electron chi connectivity index (χ4n) is 2.26. The van der Waals surface area contributed by atoms with Crippen molar-refractivity contribution in [2.45, 2.75) is 25.1 Å². The summed E-state index contributed by atoms with van der Waals surface area (Å²) in [6.07, 6.45) is 0. The van der Waals surface area contributed by atoms with E-state index < -0.39 is 0 Å². The summed E-state index contributed by atoms with van der Waals surface area (Å²) < 4.78 is 14.0. The van der Waals surface area contributed by atoms with Crippen molar-refractivity contribution in [3.05, 3.63) is 35.1 Å². The van der Waals surface area contributed by atoms with Gasteiger partial charge in [-0.3, -0.25) is 0 Å². The number of benzene rings is 1. The molecule has 0 radical (unpaired) electrons. The number of hydrogen-bond donors (Lipinski definition) is 1. The number of aryl methyl sites for hydroxylation is 1. The lowest BCUT2D eigenvalue weighted by Gasteiger charge is -2.30. The highest BCUT2D eigenvalue weighted by Gasteiger charge is 2.27. The molecule has 2 unspecified atom stereocenters. The lowest BCUT2D eigenvalue weighted by atomic mass is 10.0. The fourth-order valence-corrected chi connectivity index (χ4v) is 5.12. The van der Waals surface area contributed by atoms with E-state index in [-0.39, 0.29) is 11.9 Å². The zero-order valence-corrected chi connectivity index (χ0v) is 12.5. The Hall–Kier alpha value is -0.190. The molecular formula is C14H20FNS2. The number of hydrogen-bond acceptors (Lipinski definition) is 3. The molecule has 1 aliphatic rings. The van der Waals surface area contributed by atoms with Crippen LogP contribution in [-0.4, -0.2) is 29.1 Å². The van der Waals surface area contributed by atoms with Gasteiger partial charge in [-0.25, -0.2) is 4.39 Å². The smallest absolute Gasteiger partial charge is 0.128 e. The zero-order chi connectivity index (χ0) is 13.0. The van der Waals surface area contributed by atoms with Crippen molar-refractivity contribution in [2.75, 3.05) is 23.8 Å². The quantitative estimate of drug-likeness (QED) is 0.907. The summed E-state index contributed by atoms with van der Waals surface area (Å²) in [5.41, 5.74) is 1.96. The first-order valence-electron chi connectivity index (χ1n) is 6.41. The summed E-state index contributed by atoms with van der Waals surface area (Å²) >= 11 is 3.95. The SMILES string of the molecule is CCNC(c1cc(C)ccc1F)C1CSCCS1. The minimum Gasteiger partial charge on any atom is -0.309 e. The van der Waals surface area contributed by atoms with E-state index in [0.29, 0.717) is 5.25 Å². The minimum atomic E-state index is -0.0808. The van der Waals surface area contributed by atoms with E-state index in [4.69, 9.17) is 0 Å². The molecule has 0 bridgehead atoms. The Balaban J connectivity index is 2.24. The first-order valence-corrected chi connectivity index (χ1v) is 8.61. The van der Waals surface area contributed by atoms with Gasteiger partial charge in [-0.05, 0) is 19.5 Å². The van der Waals surface area contributed by atoms with Crippen LogP contribution in [0.3, 0.4) is 0 Å². The van der Waals surface area contributed by atoms with Gasteiger partial charge in [0.25, 0.3) is 0 Å². The highest BCUT2D eigenvalue weighted by atomic mass is 32.2. The average molecular weight is 285 g/mol. The third-order valence-corrected chi connectivity index (χ3v) is 5.99. The maximum absolute atomic E-state index is 14.0. The van der Waals surface area contributed by atoms with Crippen LogP contribution in [0.5, 0.6) is 0 Å². The molecule has 2 atom stereocenters. The Kier molecular flexibility index (Phi) is 5.39. The van der Waals surface area contributed by atoms with Crippen molar-refractivity contribution in [2.24, 2.45) is 0 Å². The third kappa shape index (κ3) is 3.43. The molecule has 18 heavy (non-hydrogen) atoms. The largest absolute Gasteiger partial charge is 0.309 e. The second-order valence-corrected chi connectivity index (χ2v) is 7.04. The molecule has 1 fully saturated rings. The van der Waals surface area contributed by atoms with Gasteiger partial charge in [-0.2, -0.15) is 23.5 Å². The van der Waals surface area contributed by atoms with Crippen LogP contribution in [0.4, 0.5) is 4.39 Å². The maximum atomic E-state index is 14.0. The van der Waals surface area contributed by atoms with Crippen LogP contribution in [0.15, 0.2) is 18.2 Å². The van der Waals surface area contributed by atoms with E-state index >= 15 is 0 Å². The Bertz CT molecular complexity index is 391. The Morgan fingerprint density at radius 2 is 2.28 bits per heavy atom. The van der Waals surface area contributed by atoms with E-state index in [9.17, 15) is 4.39 Å². The standard InChI is InChI=1S/C14H20FNS2/c1-3-16-14(13-9-17-6-7-18-13)11-8-10(2)4-5-12(11)15/h4-5,8,13-14,16H,3,6-7,9H2,1-2H3. The van der Waals surface area contributed by atoms with Gasteiger partial charge in [-0.1, -0.05) is 24.6 Å². The molecule has 0 aromatic heterocycles. The topological polar surface area (TPSA) is 12.0 Å². The molecule has 1 saturated heterocycles. The highest BCUT2D eigenvalue weighted by Crippen LogP contribution is 2.34. The molecule has 1 aromatic rings. The van der Waals surface area contributed by atoms with Crippen LogP contribution in [0.25, 0.3) is 0 Å². The van der Waals surface area contributed by atoms with Gasteiger partial charge < -0.3 is 5.32 Å². The van der Waals surface area contributed by atoms with E-state index in [1.54, 1.807) is 6.07 Å². The molecule has 1 heterocycles. The van der Waals surface area contributed by atoms with Gasteiger partial charge in [0.1, 0.15) is 5.82 Å². The normalized spacial score (nSPS) is 21.8. The van der Waals surface area contributed by atoms with E-state index in [2.05, 4.69) is 12.2 Å². The first-order chi connectivity index (χ1) is 8.72. The fraction of sp³-hybridized carbons (Fsp3) is 0.571. The Morgan fingerprint density at radius 1 is 1.44 bits per heavy atom. The van der Waals surface area contributed by atoms with Gasteiger partial charge in [0.15, 0.2) is 0 Å². The molecular weight excluding hydrogens is 265 g/mol. The lowest BCUT2D eigenvalue weighted by molar-refractivity contribution is 0.510. The molecule has 1 nitrogen and oxygen atoms in total. The van der Waals surface area contributed by atoms with Gasteiger partial charge in [0.05, 0.1) is 0 Å². The predicted molar refractivity (Wildman–Crippen MR) is 81.1 cm³/mol. The number of halogens is 1. The van der Waals surface area contributed by atoms with Crippen molar-refractivity contribution in [1.29, 1.82) is 0 Å². The number of thioether (sulfide) groups is 2. The van der Waals surface area contributed by atoms with Gasteiger partial charge in [-0.15, -0.1) is 0 Å². The van der Waals surface area contributed by atoms with Crippen LogP contribution < -0.4 is 5.32 Å². The van der Waals surface area contributed by atoms with E-state index in [1.165, 1.54) is 11.5 Å². The number of rotatable bonds is 4.